The summed E-state index contributed by atoms with van der Waals surface area (Å²) >= 11 is 1.25. The zero-order valence-corrected chi connectivity index (χ0v) is 9.46. The van der Waals surface area contributed by atoms with E-state index < -0.39 is 5.97 Å². The number of rotatable bonds is 3. The summed E-state index contributed by atoms with van der Waals surface area (Å²) in [5, 5.41) is 9.62. The van der Waals surface area contributed by atoms with Crippen LogP contribution in [0.1, 0.15) is 35.4 Å². The molecule has 5 heteroatoms. The lowest BCUT2D eigenvalue weighted by atomic mass is 10.2. The molecule has 1 fully saturated rings. The average Bonchev–Trinajstić information content (AvgIpc) is 2.88. The van der Waals surface area contributed by atoms with Gasteiger partial charge >= 0.3 is 5.97 Å². The van der Waals surface area contributed by atoms with E-state index in [0.717, 1.165) is 5.13 Å². The number of aromatic nitrogens is 1. The Bertz CT molecular complexity index is 358. The summed E-state index contributed by atoms with van der Waals surface area (Å²) in [6, 6.07) is 0.540. The largest absolute Gasteiger partial charge is 0.477 e. The third-order valence-corrected chi connectivity index (χ3v) is 3.95. The predicted molar refractivity (Wildman–Crippen MR) is 59.7 cm³/mol. The molecule has 0 atom stereocenters. The molecule has 1 aliphatic rings. The van der Waals surface area contributed by atoms with Crippen LogP contribution in [0.25, 0.3) is 0 Å². The summed E-state index contributed by atoms with van der Waals surface area (Å²) in [5.74, 6) is -0.890. The zero-order valence-electron chi connectivity index (χ0n) is 8.64. The van der Waals surface area contributed by atoms with Crippen LogP contribution in [0.2, 0.25) is 0 Å². The van der Waals surface area contributed by atoms with Crippen LogP contribution in [-0.4, -0.2) is 29.1 Å². The van der Waals surface area contributed by atoms with E-state index in [2.05, 4.69) is 9.88 Å². The molecule has 0 bridgehead atoms. The molecule has 1 N–H and O–H groups in total. The SMILES string of the molecule is CN(c1ncc(C(=O)O)s1)C1CCCC1. The predicted octanol–water partition coefficient (Wildman–Crippen LogP) is 2.22. The lowest BCUT2D eigenvalue weighted by Gasteiger charge is -2.23. The van der Waals surface area contributed by atoms with Gasteiger partial charge in [0.15, 0.2) is 5.13 Å². The Labute approximate surface area is 92.6 Å². The Morgan fingerprint density at radius 2 is 2.27 bits per heavy atom. The van der Waals surface area contributed by atoms with E-state index in [0.29, 0.717) is 10.9 Å². The van der Waals surface area contributed by atoms with Crippen molar-refractivity contribution >= 4 is 22.4 Å². The number of aromatic carboxylic acids is 1. The van der Waals surface area contributed by atoms with Crippen LogP contribution in [0, 0.1) is 0 Å². The van der Waals surface area contributed by atoms with Gasteiger partial charge in [-0.1, -0.05) is 24.2 Å². The van der Waals surface area contributed by atoms with Crippen molar-refractivity contribution in [3.05, 3.63) is 11.1 Å². The van der Waals surface area contributed by atoms with Crippen molar-refractivity contribution in [2.24, 2.45) is 0 Å². The van der Waals surface area contributed by atoms with E-state index >= 15 is 0 Å². The van der Waals surface area contributed by atoms with Gasteiger partial charge in [0, 0.05) is 13.1 Å². The number of carbonyl (C=O) groups is 1. The van der Waals surface area contributed by atoms with Crippen LogP contribution in [0.15, 0.2) is 6.20 Å². The minimum Gasteiger partial charge on any atom is -0.477 e. The van der Waals surface area contributed by atoms with Gasteiger partial charge < -0.3 is 10.0 Å². The number of anilines is 1. The van der Waals surface area contributed by atoms with Gasteiger partial charge in [0.25, 0.3) is 0 Å². The zero-order chi connectivity index (χ0) is 10.8. The molecule has 1 saturated carbocycles. The fourth-order valence-electron chi connectivity index (χ4n) is 1.97. The smallest absolute Gasteiger partial charge is 0.347 e. The third-order valence-electron chi connectivity index (χ3n) is 2.88. The first-order chi connectivity index (χ1) is 7.18. The van der Waals surface area contributed by atoms with Gasteiger partial charge in [0.05, 0.1) is 6.20 Å². The van der Waals surface area contributed by atoms with Crippen molar-refractivity contribution in [3.8, 4) is 0 Å². The molecular weight excluding hydrogens is 212 g/mol. The molecule has 82 valence electrons. The highest BCUT2D eigenvalue weighted by Crippen LogP contribution is 2.29. The highest BCUT2D eigenvalue weighted by Gasteiger charge is 2.22. The summed E-state index contributed by atoms with van der Waals surface area (Å²) < 4.78 is 0. The lowest BCUT2D eigenvalue weighted by molar-refractivity contribution is 0.0702. The van der Waals surface area contributed by atoms with Gasteiger partial charge in [-0.05, 0) is 12.8 Å². The van der Waals surface area contributed by atoms with Crippen molar-refractivity contribution in [2.45, 2.75) is 31.7 Å². The summed E-state index contributed by atoms with van der Waals surface area (Å²) in [6.07, 6.45) is 6.36. The maximum absolute atomic E-state index is 10.7. The van der Waals surface area contributed by atoms with E-state index in [1.54, 1.807) is 0 Å². The number of nitrogens with zero attached hydrogens (tertiary/aromatic N) is 2. The molecule has 0 aliphatic heterocycles. The number of hydrogen-bond donors (Lipinski definition) is 1. The second kappa shape index (κ2) is 4.18. The van der Waals surface area contributed by atoms with Crippen molar-refractivity contribution in [2.75, 3.05) is 11.9 Å². The molecule has 1 heterocycles. The van der Waals surface area contributed by atoms with Crippen LogP contribution in [-0.2, 0) is 0 Å². The molecule has 0 saturated heterocycles. The fraction of sp³-hybridized carbons (Fsp3) is 0.600. The van der Waals surface area contributed by atoms with E-state index in [1.165, 1.54) is 43.2 Å². The van der Waals surface area contributed by atoms with Crippen LogP contribution < -0.4 is 4.90 Å². The van der Waals surface area contributed by atoms with Crippen molar-refractivity contribution in [1.29, 1.82) is 0 Å². The van der Waals surface area contributed by atoms with E-state index in [4.69, 9.17) is 5.11 Å². The summed E-state index contributed by atoms with van der Waals surface area (Å²) in [7, 11) is 2.00. The monoisotopic (exact) mass is 226 g/mol. The number of hydrogen-bond acceptors (Lipinski definition) is 4. The Kier molecular flexibility index (Phi) is 2.90. The fourth-order valence-corrected chi connectivity index (χ4v) is 2.76. The maximum Gasteiger partial charge on any atom is 0.347 e. The number of thiazole rings is 1. The molecule has 0 amide bonds. The van der Waals surface area contributed by atoms with Gasteiger partial charge in [-0.2, -0.15) is 0 Å². The highest BCUT2D eigenvalue weighted by molar-refractivity contribution is 7.17. The average molecular weight is 226 g/mol. The Morgan fingerprint density at radius 3 is 2.80 bits per heavy atom. The quantitative estimate of drug-likeness (QED) is 0.858. The van der Waals surface area contributed by atoms with E-state index in [-0.39, 0.29) is 0 Å². The molecule has 1 aromatic heterocycles. The lowest BCUT2D eigenvalue weighted by Crippen LogP contribution is -2.28. The van der Waals surface area contributed by atoms with Crippen LogP contribution in [0.4, 0.5) is 5.13 Å². The second-order valence-corrected chi connectivity index (χ2v) is 4.87. The van der Waals surface area contributed by atoms with E-state index in [9.17, 15) is 4.79 Å². The summed E-state index contributed by atoms with van der Waals surface area (Å²) in [5.41, 5.74) is 0. The third kappa shape index (κ3) is 2.12. The molecule has 4 nitrogen and oxygen atoms in total. The molecule has 0 aromatic carbocycles. The standard InChI is InChI=1S/C10H14N2O2S/c1-12(7-4-2-3-5-7)10-11-6-8(15-10)9(13)14/h6-7H,2-5H2,1H3,(H,13,14). The second-order valence-electron chi connectivity index (χ2n) is 3.86. The summed E-state index contributed by atoms with van der Waals surface area (Å²) in [4.78, 5) is 17.3. The van der Waals surface area contributed by atoms with Crippen molar-refractivity contribution < 1.29 is 9.90 Å². The van der Waals surface area contributed by atoms with Crippen LogP contribution >= 0.6 is 11.3 Å². The Balaban J connectivity index is 2.10. The first-order valence-electron chi connectivity index (χ1n) is 5.10. The molecular formula is C10H14N2O2S. The van der Waals surface area contributed by atoms with Crippen molar-refractivity contribution in [3.63, 3.8) is 0 Å². The molecule has 0 unspecified atom stereocenters. The summed E-state index contributed by atoms with van der Waals surface area (Å²) in [6.45, 7) is 0. The minimum atomic E-state index is -0.890. The highest BCUT2D eigenvalue weighted by atomic mass is 32.1. The van der Waals surface area contributed by atoms with Crippen LogP contribution in [0.3, 0.4) is 0 Å². The molecule has 15 heavy (non-hydrogen) atoms. The van der Waals surface area contributed by atoms with Crippen molar-refractivity contribution in [1.82, 2.24) is 4.98 Å². The Morgan fingerprint density at radius 1 is 1.60 bits per heavy atom. The number of carboxylic acids is 1. The topological polar surface area (TPSA) is 53.4 Å². The first kappa shape index (κ1) is 10.4. The number of carboxylic acid groups (broad SMARTS) is 1. The Hall–Kier alpha value is -1.10. The molecule has 1 aromatic rings. The van der Waals surface area contributed by atoms with Gasteiger partial charge in [-0.15, -0.1) is 0 Å². The van der Waals surface area contributed by atoms with Gasteiger partial charge in [-0.25, -0.2) is 9.78 Å². The molecule has 2 rings (SSSR count). The van der Waals surface area contributed by atoms with Gasteiger partial charge in [-0.3, -0.25) is 0 Å². The maximum atomic E-state index is 10.7. The van der Waals surface area contributed by atoms with Gasteiger partial charge in [0.2, 0.25) is 0 Å². The molecule has 0 radical (unpaired) electrons. The normalized spacial score (nSPS) is 16.9. The van der Waals surface area contributed by atoms with E-state index in [1.807, 2.05) is 7.05 Å². The molecule has 0 spiro atoms. The van der Waals surface area contributed by atoms with Crippen LogP contribution in [0.5, 0.6) is 0 Å². The first-order valence-corrected chi connectivity index (χ1v) is 5.92. The minimum absolute atomic E-state index is 0.315. The molecule has 1 aliphatic carbocycles. The van der Waals surface area contributed by atoms with Gasteiger partial charge in [0.1, 0.15) is 4.88 Å².